The molecule has 9 heteroatoms. The molecule has 21 heavy (non-hydrogen) atoms. The highest BCUT2D eigenvalue weighted by Crippen LogP contribution is 2.32. The van der Waals surface area contributed by atoms with E-state index in [0.29, 0.717) is 0 Å². The molecule has 1 N–H and O–H groups in total. The Hall–Kier alpha value is -2.09. The van der Waals surface area contributed by atoms with Crippen molar-refractivity contribution in [3.05, 3.63) is 46.6 Å². The predicted octanol–water partition coefficient (Wildman–Crippen LogP) is 3.23. The largest absolute Gasteiger partial charge is 0.416 e. The average molecular weight is 320 g/mol. The van der Waals surface area contributed by atoms with Gasteiger partial charge in [0, 0.05) is 10.6 Å². The Morgan fingerprint density at radius 3 is 2.67 bits per heavy atom. The summed E-state index contributed by atoms with van der Waals surface area (Å²) in [5.41, 5.74) is -1.20. The second-order valence-electron chi connectivity index (χ2n) is 4.21. The third-order valence-electron chi connectivity index (χ3n) is 2.60. The van der Waals surface area contributed by atoms with Crippen LogP contribution in [0.25, 0.3) is 0 Å². The summed E-state index contributed by atoms with van der Waals surface area (Å²) >= 11 is 5.62. The number of nitrogens with zero attached hydrogens (tertiary/aromatic N) is 2. The molecular formula is C12H9ClF3N3O2. The zero-order valence-electron chi connectivity index (χ0n) is 10.6. The van der Waals surface area contributed by atoms with Crippen molar-refractivity contribution in [2.24, 2.45) is 0 Å². The number of nitrogens with one attached hydrogen (secondary N) is 1. The molecule has 0 aliphatic rings. The van der Waals surface area contributed by atoms with Crippen molar-refractivity contribution in [3.8, 4) is 0 Å². The molecule has 0 radical (unpaired) electrons. The van der Waals surface area contributed by atoms with Gasteiger partial charge in [0.05, 0.1) is 11.6 Å². The van der Waals surface area contributed by atoms with E-state index in [4.69, 9.17) is 11.6 Å². The van der Waals surface area contributed by atoms with E-state index in [1.54, 1.807) is 6.92 Å². The SMILES string of the molecule is C[C@@H](NC(=O)c1cc(Cl)cc(C(F)(F)F)c1)c1ncon1. The van der Waals surface area contributed by atoms with E-state index in [2.05, 4.69) is 20.0 Å². The molecule has 0 saturated carbocycles. The first-order valence-electron chi connectivity index (χ1n) is 5.72. The molecule has 1 amide bonds. The molecule has 1 heterocycles. The van der Waals surface area contributed by atoms with Crippen LogP contribution in [0.2, 0.25) is 5.02 Å². The van der Waals surface area contributed by atoms with Crippen molar-refractivity contribution in [1.29, 1.82) is 0 Å². The van der Waals surface area contributed by atoms with Gasteiger partial charge in [-0.3, -0.25) is 4.79 Å². The summed E-state index contributed by atoms with van der Waals surface area (Å²) in [5.74, 6) is -0.512. The monoisotopic (exact) mass is 319 g/mol. The lowest BCUT2D eigenvalue weighted by Crippen LogP contribution is -2.27. The summed E-state index contributed by atoms with van der Waals surface area (Å²) < 4.78 is 42.5. The molecule has 0 fully saturated rings. The van der Waals surface area contributed by atoms with Crippen molar-refractivity contribution in [1.82, 2.24) is 15.5 Å². The topological polar surface area (TPSA) is 68.0 Å². The number of aromatic nitrogens is 2. The highest BCUT2D eigenvalue weighted by Gasteiger charge is 2.31. The second kappa shape index (κ2) is 5.72. The lowest BCUT2D eigenvalue weighted by Gasteiger charge is -2.12. The molecule has 1 aromatic heterocycles. The molecule has 2 rings (SSSR count). The van der Waals surface area contributed by atoms with Crippen LogP contribution in [0.1, 0.15) is 34.7 Å². The number of hydrogen-bond donors (Lipinski definition) is 1. The van der Waals surface area contributed by atoms with Gasteiger partial charge in [-0.25, -0.2) is 0 Å². The minimum Gasteiger partial charge on any atom is -0.343 e. The average Bonchev–Trinajstić information content (AvgIpc) is 2.90. The van der Waals surface area contributed by atoms with E-state index in [-0.39, 0.29) is 16.4 Å². The van der Waals surface area contributed by atoms with E-state index >= 15 is 0 Å². The summed E-state index contributed by atoms with van der Waals surface area (Å²) in [5, 5.41) is 5.81. The molecule has 0 saturated heterocycles. The van der Waals surface area contributed by atoms with Crippen molar-refractivity contribution in [2.75, 3.05) is 0 Å². The quantitative estimate of drug-likeness (QED) is 0.943. The van der Waals surface area contributed by atoms with Crippen LogP contribution in [0.15, 0.2) is 29.1 Å². The van der Waals surface area contributed by atoms with Crippen molar-refractivity contribution >= 4 is 17.5 Å². The standard InChI is InChI=1S/C12H9ClF3N3O2/c1-6(10-17-5-21-19-10)18-11(20)7-2-8(12(14,15)16)4-9(13)3-7/h2-6H,1H3,(H,18,20)/t6-/m1/s1. The Morgan fingerprint density at radius 2 is 2.10 bits per heavy atom. The number of amides is 1. The molecule has 112 valence electrons. The summed E-state index contributed by atoms with van der Waals surface area (Å²) in [6.07, 6.45) is -3.50. The zero-order chi connectivity index (χ0) is 15.6. The summed E-state index contributed by atoms with van der Waals surface area (Å²) in [6.45, 7) is 1.57. The van der Waals surface area contributed by atoms with Crippen LogP contribution < -0.4 is 5.32 Å². The lowest BCUT2D eigenvalue weighted by atomic mass is 10.1. The molecule has 0 aliphatic heterocycles. The lowest BCUT2D eigenvalue weighted by molar-refractivity contribution is -0.137. The molecule has 0 unspecified atom stereocenters. The molecule has 2 aromatic rings. The third kappa shape index (κ3) is 3.72. The fourth-order valence-electron chi connectivity index (χ4n) is 1.60. The van der Waals surface area contributed by atoms with Crippen LogP contribution in [0.3, 0.4) is 0 Å². The second-order valence-corrected chi connectivity index (χ2v) is 4.65. The molecule has 1 atom stereocenters. The van der Waals surface area contributed by atoms with Gasteiger partial charge in [0.15, 0.2) is 5.82 Å². The third-order valence-corrected chi connectivity index (χ3v) is 2.82. The fourth-order valence-corrected chi connectivity index (χ4v) is 1.83. The van der Waals surface area contributed by atoms with Gasteiger partial charge in [-0.2, -0.15) is 18.2 Å². The van der Waals surface area contributed by atoms with Crippen molar-refractivity contribution < 1.29 is 22.5 Å². The molecule has 0 aliphatic carbocycles. The van der Waals surface area contributed by atoms with E-state index in [1.165, 1.54) is 0 Å². The number of halogens is 4. The fraction of sp³-hybridized carbons (Fsp3) is 0.250. The zero-order valence-corrected chi connectivity index (χ0v) is 11.4. The maximum absolute atomic E-state index is 12.7. The van der Waals surface area contributed by atoms with Crippen molar-refractivity contribution in [3.63, 3.8) is 0 Å². The maximum Gasteiger partial charge on any atom is 0.416 e. The normalized spacial score (nSPS) is 13.0. The van der Waals surface area contributed by atoms with Crippen LogP contribution >= 0.6 is 11.6 Å². The van der Waals surface area contributed by atoms with E-state index < -0.39 is 23.7 Å². The first kappa shape index (κ1) is 15.3. The Labute approximate surface area is 122 Å². The van der Waals surface area contributed by atoms with Crippen LogP contribution in [-0.2, 0) is 6.18 Å². The Morgan fingerprint density at radius 1 is 1.38 bits per heavy atom. The number of benzene rings is 1. The summed E-state index contributed by atoms with van der Waals surface area (Å²) in [6, 6.07) is 2.00. The Kier molecular flexibility index (Phi) is 4.17. The maximum atomic E-state index is 12.7. The highest BCUT2D eigenvalue weighted by molar-refractivity contribution is 6.31. The van der Waals surface area contributed by atoms with Gasteiger partial charge < -0.3 is 9.84 Å². The van der Waals surface area contributed by atoms with E-state index in [9.17, 15) is 18.0 Å². The Bertz CT molecular complexity index is 644. The number of hydrogen-bond acceptors (Lipinski definition) is 4. The molecule has 0 bridgehead atoms. The van der Waals surface area contributed by atoms with Crippen LogP contribution in [0.5, 0.6) is 0 Å². The minimum atomic E-state index is -4.58. The van der Waals surface area contributed by atoms with Gasteiger partial charge in [-0.15, -0.1) is 0 Å². The van der Waals surface area contributed by atoms with Crippen LogP contribution in [0.4, 0.5) is 13.2 Å². The predicted molar refractivity (Wildman–Crippen MR) is 66.6 cm³/mol. The minimum absolute atomic E-state index is 0.179. The van der Waals surface area contributed by atoms with Gasteiger partial charge in [0.1, 0.15) is 0 Å². The van der Waals surface area contributed by atoms with E-state index in [1.807, 2.05) is 0 Å². The first-order chi connectivity index (χ1) is 9.77. The van der Waals surface area contributed by atoms with Crippen LogP contribution in [-0.4, -0.2) is 16.0 Å². The highest BCUT2D eigenvalue weighted by atomic mass is 35.5. The van der Waals surface area contributed by atoms with Gasteiger partial charge in [0.25, 0.3) is 5.91 Å². The van der Waals surface area contributed by atoms with Gasteiger partial charge in [0.2, 0.25) is 6.39 Å². The molecular weight excluding hydrogens is 311 g/mol. The van der Waals surface area contributed by atoms with Gasteiger partial charge in [-0.05, 0) is 25.1 Å². The molecule has 1 aromatic carbocycles. The number of alkyl halides is 3. The first-order valence-corrected chi connectivity index (χ1v) is 6.10. The van der Waals surface area contributed by atoms with Gasteiger partial charge in [-0.1, -0.05) is 16.8 Å². The van der Waals surface area contributed by atoms with Gasteiger partial charge >= 0.3 is 6.18 Å². The number of carbonyl (C=O) groups excluding carboxylic acids is 1. The smallest absolute Gasteiger partial charge is 0.343 e. The summed E-state index contributed by atoms with van der Waals surface area (Å²) in [7, 11) is 0. The number of rotatable bonds is 3. The van der Waals surface area contributed by atoms with E-state index in [0.717, 1.165) is 24.6 Å². The molecule has 5 nitrogen and oxygen atoms in total. The molecule has 0 spiro atoms. The Balaban J connectivity index is 2.21. The number of carbonyl (C=O) groups is 1. The van der Waals surface area contributed by atoms with Crippen LogP contribution in [0, 0.1) is 0 Å². The summed E-state index contributed by atoms with van der Waals surface area (Å²) in [4.78, 5) is 15.7. The van der Waals surface area contributed by atoms with Crippen molar-refractivity contribution in [2.45, 2.75) is 19.1 Å².